The van der Waals surface area contributed by atoms with E-state index in [9.17, 15) is 0 Å². The number of aromatic nitrogens is 2. The zero-order chi connectivity index (χ0) is 6.95. The van der Waals surface area contributed by atoms with Crippen molar-refractivity contribution in [3.05, 3.63) is 24.5 Å². The standard InChI is InChI=1S/C4H4N2.2ClH.Cu/c1-2-4-6-5-3-1;;;/h1-4H;2*1H;/q;;;+2/p-2. The average molecular weight is 215 g/mol. The summed E-state index contributed by atoms with van der Waals surface area (Å²) in [5.74, 6) is 0. The Hall–Kier alpha value is 0.179. The Balaban J connectivity index is 0.000000187. The molecule has 1 heterocycles. The molecule has 0 N–H and O–H groups in total. The molecule has 2 nitrogen and oxygen atoms in total. The quantitative estimate of drug-likeness (QED) is 0.616. The number of hydrogen-bond acceptors (Lipinski definition) is 2. The number of rotatable bonds is 0. The van der Waals surface area contributed by atoms with Crippen molar-refractivity contribution in [3.63, 3.8) is 0 Å². The average Bonchev–Trinajstić information content (AvgIpc) is 1.93. The Morgan fingerprint density at radius 1 is 1.00 bits per heavy atom. The van der Waals surface area contributed by atoms with Crippen LogP contribution in [0.1, 0.15) is 0 Å². The summed E-state index contributed by atoms with van der Waals surface area (Å²) >= 11 is 0.757. The van der Waals surface area contributed by atoms with Crippen LogP contribution in [0.5, 0.6) is 0 Å². The molecule has 9 heavy (non-hydrogen) atoms. The minimum atomic E-state index is 0.757. The monoisotopic (exact) mass is 213 g/mol. The van der Waals surface area contributed by atoms with Crippen LogP contribution in [-0.2, 0) is 13.1 Å². The van der Waals surface area contributed by atoms with Gasteiger partial charge in [-0.25, -0.2) is 0 Å². The van der Waals surface area contributed by atoms with E-state index in [-0.39, 0.29) is 0 Å². The molecule has 0 unspecified atom stereocenters. The van der Waals surface area contributed by atoms with Crippen molar-refractivity contribution >= 4 is 20.2 Å². The molecule has 1 rings (SSSR count). The summed E-state index contributed by atoms with van der Waals surface area (Å²) in [6.45, 7) is 0. The molecule has 0 fully saturated rings. The molecule has 55 valence electrons. The Bertz CT molecular complexity index is 99.4. The van der Waals surface area contributed by atoms with Gasteiger partial charge in [-0.1, -0.05) is 0 Å². The van der Waals surface area contributed by atoms with Crippen molar-refractivity contribution in [3.8, 4) is 0 Å². The van der Waals surface area contributed by atoms with E-state index in [4.69, 9.17) is 0 Å². The predicted octanol–water partition coefficient (Wildman–Crippen LogP) is 1.85. The molecular formula is C4H4Cl2CuN2. The van der Waals surface area contributed by atoms with E-state index in [1.54, 1.807) is 12.4 Å². The molecule has 0 bridgehead atoms. The van der Waals surface area contributed by atoms with Gasteiger partial charge in [-0.15, -0.1) is 0 Å². The van der Waals surface area contributed by atoms with E-state index in [1.165, 1.54) is 0 Å². The third-order valence-corrected chi connectivity index (χ3v) is 0.483. The van der Waals surface area contributed by atoms with Crippen LogP contribution in [0.3, 0.4) is 0 Å². The molecule has 0 radical (unpaired) electrons. The fourth-order valence-electron chi connectivity index (χ4n) is 0.253. The molecule has 1 aromatic heterocycles. The Labute approximate surface area is 68.2 Å². The molecule has 0 saturated heterocycles. The van der Waals surface area contributed by atoms with E-state index in [0.29, 0.717) is 0 Å². The number of halogens is 2. The second kappa shape index (κ2) is 8.18. The fraction of sp³-hybridized carbons (Fsp3) is 0. The molecule has 0 aliphatic heterocycles. The first kappa shape index (κ1) is 9.18. The van der Waals surface area contributed by atoms with E-state index >= 15 is 0 Å². The van der Waals surface area contributed by atoms with Gasteiger partial charge in [0.15, 0.2) is 0 Å². The van der Waals surface area contributed by atoms with Gasteiger partial charge >= 0.3 is 33.3 Å². The first-order valence-corrected chi connectivity index (χ1v) is 4.54. The molecule has 0 spiro atoms. The van der Waals surface area contributed by atoms with E-state index in [2.05, 4.69) is 30.4 Å². The maximum absolute atomic E-state index is 4.67. The van der Waals surface area contributed by atoms with Crippen molar-refractivity contribution < 1.29 is 13.1 Å². The van der Waals surface area contributed by atoms with Gasteiger partial charge in [0.05, 0.1) is 0 Å². The summed E-state index contributed by atoms with van der Waals surface area (Å²) in [5.41, 5.74) is 0. The largest absolute Gasteiger partial charge is 0.159 e. The summed E-state index contributed by atoms with van der Waals surface area (Å²) in [5, 5.41) is 7.07. The van der Waals surface area contributed by atoms with E-state index in [1.807, 2.05) is 12.1 Å². The van der Waals surface area contributed by atoms with Gasteiger partial charge in [0, 0.05) is 12.4 Å². The van der Waals surface area contributed by atoms with Crippen molar-refractivity contribution in [1.82, 2.24) is 10.2 Å². The zero-order valence-electron chi connectivity index (χ0n) is 4.26. The SMILES string of the molecule is [Cl][Cu][Cl].c1ccnnc1. The van der Waals surface area contributed by atoms with Crippen molar-refractivity contribution in [1.29, 1.82) is 0 Å². The summed E-state index contributed by atoms with van der Waals surface area (Å²) < 4.78 is 0. The molecule has 5 heteroatoms. The van der Waals surface area contributed by atoms with Gasteiger partial charge < -0.3 is 0 Å². The van der Waals surface area contributed by atoms with Crippen LogP contribution in [0.25, 0.3) is 0 Å². The second-order valence-electron chi connectivity index (χ2n) is 0.957. The van der Waals surface area contributed by atoms with Gasteiger partial charge in [0.2, 0.25) is 0 Å². The van der Waals surface area contributed by atoms with Crippen LogP contribution in [0.4, 0.5) is 0 Å². The predicted molar refractivity (Wildman–Crippen MR) is 33.7 cm³/mol. The molecule has 0 aliphatic rings. The van der Waals surface area contributed by atoms with Crippen LogP contribution >= 0.6 is 20.2 Å². The Morgan fingerprint density at radius 2 is 1.33 bits per heavy atom. The molecule has 0 saturated carbocycles. The Kier molecular flexibility index (Phi) is 8.34. The summed E-state index contributed by atoms with van der Waals surface area (Å²) in [7, 11) is 9.34. The third kappa shape index (κ3) is 8.18. The number of nitrogens with zero attached hydrogens (tertiary/aromatic N) is 2. The minimum absolute atomic E-state index is 0.757. The molecule has 0 aromatic carbocycles. The molecule has 0 atom stereocenters. The first-order valence-electron chi connectivity index (χ1n) is 1.94. The van der Waals surface area contributed by atoms with E-state index < -0.39 is 0 Å². The number of hydrogen-bond donors (Lipinski definition) is 0. The first-order chi connectivity index (χ1) is 4.41. The molecular weight excluding hydrogens is 211 g/mol. The van der Waals surface area contributed by atoms with Crippen LogP contribution in [0.15, 0.2) is 24.5 Å². The summed E-state index contributed by atoms with van der Waals surface area (Å²) in [6, 6.07) is 3.65. The Morgan fingerprint density at radius 3 is 1.44 bits per heavy atom. The van der Waals surface area contributed by atoms with Crippen LogP contribution < -0.4 is 0 Å². The second-order valence-corrected chi connectivity index (χ2v) is 2.51. The van der Waals surface area contributed by atoms with Gasteiger partial charge in [-0.05, 0) is 12.1 Å². The van der Waals surface area contributed by atoms with Crippen molar-refractivity contribution in [2.24, 2.45) is 0 Å². The molecule has 1 aromatic rings. The normalized spacial score (nSPS) is 7.78. The van der Waals surface area contributed by atoms with Gasteiger partial charge in [-0.2, -0.15) is 10.2 Å². The van der Waals surface area contributed by atoms with Gasteiger partial charge in [-0.3, -0.25) is 0 Å². The van der Waals surface area contributed by atoms with Crippen LogP contribution in [0.2, 0.25) is 0 Å². The van der Waals surface area contributed by atoms with Crippen molar-refractivity contribution in [2.75, 3.05) is 0 Å². The topological polar surface area (TPSA) is 25.8 Å². The smallest absolute Gasteiger partial charge is 0.0496 e. The maximum atomic E-state index is 4.67. The van der Waals surface area contributed by atoms with Gasteiger partial charge in [0.25, 0.3) is 0 Å². The maximum Gasteiger partial charge on any atom is 0.0496 e. The molecule has 0 aliphatic carbocycles. The summed E-state index contributed by atoms with van der Waals surface area (Å²) in [6.07, 6.45) is 3.28. The van der Waals surface area contributed by atoms with Crippen molar-refractivity contribution in [2.45, 2.75) is 0 Å². The fourth-order valence-corrected chi connectivity index (χ4v) is 0.253. The van der Waals surface area contributed by atoms with Gasteiger partial charge in [0.1, 0.15) is 0 Å². The third-order valence-electron chi connectivity index (χ3n) is 0.483. The minimum Gasteiger partial charge on any atom is -0.159 e. The van der Waals surface area contributed by atoms with Crippen LogP contribution in [0, 0.1) is 0 Å². The van der Waals surface area contributed by atoms with Crippen LogP contribution in [-0.4, -0.2) is 10.2 Å². The summed E-state index contributed by atoms with van der Waals surface area (Å²) in [4.78, 5) is 0. The molecule has 0 amide bonds. The van der Waals surface area contributed by atoms with E-state index in [0.717, 1.165) is 13.1 Å². The zero-order valence-corrected chi connectivity index (χ0v) is 6.71.